The van der Waals surface area contributed by atoms with E-state index >= 15 is 0 Å². The average molecular weight is 449 g/mol. The monoisotopic (exact) mass is 448 g/mol. The Bertz CT molecular complexity index is 925. The van der Waals surface area contributed by atoms with Crippen LogP contribution in [-0.4, -0.2) is 70.4 Å². The van der Waals surface area contributed by atoms with Crippen molar-refractivity contribution in [1.82, 2.24) is 19.4 Å². The summed E-state index contributed by atoms with van der Waals surface area (Å²) in [6, 6.07) is 0. The van der Waals surface area contributed by atoms with E-state index in [9.17, 15) is 19.2 Å². The fraction of sp³-hybridized carbons (Fsp3) is 0.727. The van der Waals surface area contributed by atoms with Gasteiger partial charge in [-0.1, -0.05) is 13.3 Å². The van der Waals surface area contributed by atoms with E-state index in [1.807, 2.05) is 16.7 Å². The zero-order valence-corrected chi connectivity index (χ0v) is 19.3. The van der Waals surface area contributed by atoms with Crippen molar-refractivity contribution in [2.75, 3.05) is 49.9 Å². The minimum absolute atomic E-state index is 0.0253. The summed E-state index contributed by atoms with van der Waals surface area (Å²) < 4.78 is 1.33. The molecule has 2 saturated heterocycles. The van der Waals surface area contributed by atoms with Gasteiger partial charge in [0.15, 0.2) is 5.69 Å². The van der Waals surface area contributed by atoms with Crippen LogP contribution in [0.3, 0.4) is 0 Å². The highest BCUT2D eigenvalue weighted by Gasteiger charge is 2.31. The molecule has 1 aromatic rings. The van der Waals surface area contributed by atoms with E-state index in [1.165, 1.54) is 9.47 Å². The number of nitrogens with two attached hydrogens (primary N) is 1. The van der Waals surface area contributed by atoms with Crippen LogP contribution in [0.4, 0.5) is 11.5 Å². The van der Waals surface area contributed by atoms with Crippen LogP contribution in [-0.2, 0) is 16.1 Å². The maximum atomic E-state index is 13.1. The van der Waals surface area contributed by atoms with Crippen LogP contribution in [0.5, 0.6) is 0 Å². The predicted octanol–water partition coefficient (Wildman–Crippen LogP) is 0.606. The first-order chi connectivity index (χ1) is 15.4. The van der Waals surface area contributed by atoms with Crippen LogP contribution in [0.25, 0.3) is 0 Å². The molecule has 0 atom stereocenters. The number of likely N-dealkylation sites (N-methyl/N-ethyl adjacent to an activating group) is 1. The molecule has 3 N–H and O–H groups in total. The van der Waals surface area contributed by atoms with Crippen molar-refractivity contribution in [2.24, 2.45) is 5.92 Å². The summed E-state index contributed by atoms with van der Waals surface area (Å²) in [6.07, 6.45) is 5.24. The van der Waals surface area contributed by atoms with Gasteiger partial charge in [-0.15, -0.1) is 0 Å². The number of likely N-dealkylation sites (tertiary alicyclic amines) is 2. The Balaban J connectivity index is 1.66. The molecule has 10 nitrogen and oxygen atoms in total. The Morgan fingerprint density at radius 2 is 1.75 bits per heavy atom. The maximum absolute atomic E-state index is 13.1. The van der Waals surface area contributed by atoms with E-state index < -0.39 is 11.2 Å². The van der Waals surface area contributed by atoms with E-state index in [0.29, 0.717) is 19.6 Å². The number of rotatable bonds is 8. The van der Waals surface area contributed by atoms with Crippen molar-refractivity contribution in [3.63, 3.8) is 0 Å². The van der Waals surface area contributed by atoms with Gasteiger partial charge in [0.2, 0.25) is 11.8 Å². The van der Waals surface area contributed by atoms with Gasteiger partial charge in [-0.2, -0.15) is 0 Å². The number of hydrogen-bond donors (Lipinski definition) is 2. The molecule has 0 radical (unpaired) electrons. The molecule has 3 heterocycles. The van der Waals surface area contributed by atoms with Gasteiger partial charge in [-0.3, -0.25) is 28.8 Å². The van der Waals surface area contributed by atoms with E-state index in [-0.39, 0.29) is 42.3 Å². The molecular weight excluding hydrogens is 412 g/mol. The van der Waals surface area contributed by atoms with Crippen molar-refractivity contribution >= 4 is 23.3 Å². The lowest BCUT2D eigenvalue weighted by Gasteiger charge is -2.34. The van der Waals surface area contributed by atoms with Crippen LogP contribution in [0.2, 0.25) is 0 Å². The van der Waals surface area contributed by atoms with Crippen LogP contribution in [0.1, 0.15) is 52.4 Å². The van der Waals surface area contributed by atoms with Gasteiger partial charge in [-0.05, 0) is 52.1 Å². The molecule has 0 aromatic carbocycles. The smallest absolute Gasteiger partial charge is 0.330 e. The number of H-pyrrole nitrogens is 1. The van der Waals surface area contributed by atoms with Crippen LogP contribution in [0, 0.1) is 5.92 Å². The van der Waals surface area contributed by atoms with Gasteiger partial charge < -0.3 is 15.5 Å². The van der Waals surface area contributed by atoms with Crippen LogP contribution >= 0.6 is 0 Å². The quantitative estimate of drug-likeness (QED) is 0.600. The molecule has 0 saturated carbocycles. The average Bonchev–Trinajstić information content (AvgIpc) is 3.31. The van der Waals surface area contributed by atoms with E-state index in [4.69, 9.17) is 5.73 Å². The molecule has 2 amide bonds. The molecule has 0 unspecified atom stereocenters. The summed E-state index contributed by atoms with van der Waals surface area (Å²) in [7, 11) is 0. The van der Waals surface area contributed by atoms with Crippen molar-refractivity contribution in [2.45, 2.75) is 58.9 Å². The molecule has 32 heavy (non-hydrogen) atoms. The van der Waals surface area contributed by atoms with Crippen molar-refractivity contribution in [1.29, 1.82) is 0 Å². The number of nitrogens with one attached hydrogen (secondary N) is 1. The highest BCUT2D eigenvalue weighted by molar-refractivity contribution is 5.96. The number of carbonyl (C=O) groups excluding carboxylic acids is 2. The molecule has 0 aliphatic carbocycles. The number of aromatic nitrogens is 2. The lowest BCUT2D eigenvalue weighted by Crippen LogP contribution is -2.48. The molecule has 2 fully saturated rings. The highest BCUT2D eigenvalue weighted by atomic mass is 16.2. The molecule has 178 valence electrons. The molecule has 1 aromatic heterocycles. The predicted molar refractivity (Wildman–Crippen MR) is 124 cm³/mol. The maximum Gasteiger partial charge on any atom is 0.330 e. The van der Waals surface area contributed by atoms with Crippen molar-refractivity contribution < 1.29 is 9.59 Å². The molecule has 0 bridgehead atoms. The Morgan fingerprint density at radius 1 is 1.09 bits per heavy atom. The van der Waals surface area contributed by atoms with Gasteiger partial charge in [0, 0.05) is 32.1 Å². The fourth-order valence-electron chi connectivity index (χ4n) is 4.65. The Labute approximate surface area is 188 Å². The summed E-state index contributed by atoms with van der Waals surface area (Å²) in [5.74, 6) is 0.0617. The topological polar surface area (TPSA) is 125 Å². The Morgan fingerprint density at radius 3 is 2.34 bits per heavy atom. The van der Waals surface area contributed by atoms with E-state index in [1.54, 1.807) is 6.92 Å². The molecule has 0 spiro atoms. The first-order valence-corrected chi connectivity index (χ1v) is 11.8. The highest BCUT2D eigenvalue weighted by Crippen LogP contribution is 2.23. The number of piperidine rings is 1. The standard InChI is InChI=1S/C22H36N6O4/c1-3-5-12-28-19(23)18(20(30)24-22(28)32)27(4-2)17(29)15-25-13-8-16(9-14-25)21(31)26-10-6-7-11-26/h16H,3-15,23H2,1-2H3,(H,24,30,32). The molecular formula is C22H36N6O4. The number of hydrogen-bond acceptors (Lipinski definition) is 6. The largest absolute Gasteiger partial charge is 0.383 e. The first kappa shape index (κ1) is 24.0. The number of carbonyl (C=O) groups is 2. The van der Waals surface area contributed by atoms with Crippen molar-refractivity contribution in [3.05, 3.63) is 20.8 Å². The number of unbranched alkanes of at least 4 members (excludes halogenated alkanes) is 1. The summed E-state index contributed by atoms with van der Waals surface area (Å²) in [5.41, 5.74) is 5.01. The minimum atomic E-state index is -0.648. The first-order valence-electron chi connectivity index (χ1n) is 11.8. The fourth-order valence-corrected chi connectivity index (χ4v) is 4.65. The number of anilines is 2. The number of aromatic amines is 1. The van der Waals surface area contributed by atoms with Crippen LogP contribution in [0.15, 0.2) is 9.59 Å². The van der Waals surface area contributed by atoms with Gasteiger partial charge in [0.05, 0.1) is 6.54 Å². The summed E-state index contributed by atoms with van der Waals surface area (Å²) >= 11 is 0. The Hall–Kier alpha value is -2.62. The van der Waals surface area contributed by atoms with E-state index in [0.717, 1.165) is 51.6 Å². The summed E-state index contributed by atoms with van der Waals surface area (Å²) in [4.78, 5) is 58.1. The number of nitrogen functional groups attached to an aromatic ring is 1. The lowest BCUT2D eigenvalue weighted by molar-refractivity contribution is -0.136. The third-order valence-corrected chi connectivity index (χ3v) is 6.55. The second-order valence-corrected chi connectivity index (χ2v) is 8.72. The molecule has 10 heteroatoms. The van der Waals surface area contributed by atoms with E-state index in [2.05, 4.69) is 4.98 Å². The van der Waals surface area contributed by atoms with Gasteiger partial charge in [0.1, 0.15) is 5.82 Å². The molecule has 2 aliphatic rings. The number of nitrogens with zero attached hydrogens (tertiary/aromatic N) is 4. The van der Waals surface area contributed by atoms with Gasteiger partial charge in [-0.25, -0.2) is 4.79 Å². The Kier molecular flexibility index (Phi) is 8.11. The summed E-state index contributed by atoms with van der Waals surface area (Å²) in [6.45, 7) is 7.61. The van der Waals surface area contributed by atoms with Gasteiger partial charge in [0.25, 0.3) is 5.56 Å². The molecule has 3 rings (SSSR count). The number of amides is 2. The zero-order chi connectivity index (χ0) is 23.3. The van der Waals surface area contributed by atoms with Crippen molar-refractivity contribution in [3.8, 4) is 0 Å². The molecule has 2 aliphatic heterocycles. The third-order valence-electron chi connectivity index (χ3n) is 6.55. The second kappa shape index (κ2) is 10.8. The second-order valence-electron chi connectivity index (χ2n) is 8.72. The normalized spacial score (nSPS) is 17.6. The minimum Gasteiger partial charge on any atom is -0.383 e. The van der Waals surface area contributed by atoms with Gasteiger partial charge >= 0.3 is 5.69 Å². The SMILES string of the molecule is CCCCn1c(N)c(N(CC)C(=O)CN2CCC(C(=O)N3CCCC3)CC2)c(=O)[nH]c1=O. The zero-order valence-electron chi connectivity index (χ0n) is 19.3. The van der Waals surface area contributed by atoms with Crippen LogP contribution < -0.4 is 21.9 Å². The third kappa shape index (κ3) is 5.23. The lowest BCUT2D eigenvalue weighted by atomic mass is 9.95. The summed E-state index contributed by atoms with van der Waals surface area (Å²) in [5, 5.41) is 0.